The van der Waals surface area contributed by atoms with E-state index in [1.165, 1.54) is 6.20 Å². The second kappa shape index (κ2) is 8.73. The highest BCUT2D eigenvalue weighted by Gasteiger charge is 2.22. The largest absolute Gasteiger partial charge is 0.481 e. The summed E-state index contributed by atoms with van der Waals surface area (Å²) in [6.07, 6.45) is 1.36. The third-order valence-corrected chi connectivity index (χ3v) is 7.86. The molecule has 32 heavy (non-hydrogen) atoms. The SMILES string of the molecule is Cc1ccc(S(=O)(=O)c2c[nH]c3ccc(Oc4c(Br)cc(CC(=O)O)cc4Br)cc23)cc1. The van der Waals surface area contributed by atoms with E-state index in [-0.39, 0.29) is 16.2 Å². The molecule has 0 atom stereocenters. The molecule has 4 rings (SSSR count). The van der Waals surface area contributed by atoms with Gasteiger partial charge in [-0.05, 0) is 86.8 Å². The Labute approximate surface area is 201 Å². The molecule has 1 heterocycles. The first-order valence-corrected chi connectivity index (χ1v) is 12.5. The van der Waals surface area contributed by atoms with Crippen LogP contribution in [0.5, 0.6) is 11.5 Å². The maximum absolute atomic E-state index is 13.2. The number of halogens is 2. The summed E-state index contributed by atoms with van der Waals surface area (Å²) in [5.74, 6) is -0.0421. The number of carbonyl (C=O) groups is 1. The summed E-state index contributed by atoms with van der Waals surface area (Å²) in [6.45, 7) is 1.90. The number of aromatic nitrogens is 1. The first-order chi connectivity index (χ1) is 15.1. The van der Waals surface area contributed by atoms with Crippen molar-refractivity contribution in [3.8, 4) is 11.5 Å². The van der Waals surface area contributed by atoms with Crippen molar-refractivity contribution in [3.05, 3.63) is 80.9 Å². The van der Waals surface area contributed by atoms with Crippen LogP contribution in [0.4, 0.5) is 0 Å². The van der Waals surface area contributed by atoms with Gasteiger partial charge in [-0.2, -0.15) is 0 Å². The van der Waals surface area contributed by atoms with Crippen LogP contribution in [-0.2, 0) is 21.1 Å². The molecule has 0 amide bonds. The molecule has 6 nitrogen and oxygen atoms in total. The lowest BCUT2D eigenvalue weighted by Crippen LogP contribution is -2.01. The number of fused-ring (bicyclic) bond motifs is 1. The van der Waals surface area contributed by atoms with E-state index in [2.05, 4.69) is 36.8 Å². The van der Waals surface area contributed by atoms with Crippen molar-refractivity contribution < 1.29 is 23.1 Å². The lowest BCUT2D eigenvalue weighted by atomic mass is 10.1. The number of H-pyrrole nitrogens is 1. The molecule has 0 spiro atoms. The van der Waals surface area contributed by atoms with Crippen LogP contribution in [0.2, 0.25) is 0 Å². The van der Waals surface area contributed by atoms with Crippen molar-refractivity contribution in [3.63, 3.8) is 0 Å². The number of hydrogen-bond acceptors (Lipinski definition) is 4. The van der Waals surface area contributed by atoms with E-state index in [4.69, 9.17) is 9.84 Å². The fourth-order valence-electron chi connectivity index (χ4n) is 3.31. The van der Waals surface area contributed by atoms with E-state index >= 15 is 0 Å². The summed E-state index contributed by atoms with van der Waals surface area (Å²) in [4.78, 5) is 14.4. The summed E-state index contributed by atoms with van der Waals surface area (Å²) in [5, 5.41) is 9.52. The number of nitrogens with one attached hydrogen (secondary N) is 1. The van der Waals surface area contributed by atoms with E-state index in [0.717, 1.165) is 5.56 Å². The third-order valence-electron chi connectivity index (χ3n) is 4.87. The average molecular weight is 579 g/mol. The minimum Gasteiger partial charge on any atom is -0.481 e. The smallest absolute Gasteiger partial charge is 0.307 e. The monoisotopic (exact) mass is 577 g/mol. The maximum Gasteiger partial charge on any atom is 0.307 e. The number of aliphatic carboxylic acids is 1. The van der Waals surface area contributed by atoms with Gasteiger partial charge in [0.05, 0.1) is 25.2 Å². The zero-order valence-electron chi connectivity index (χ0n) is 16.7. The summed E-state index contributed by atoms with van der Waals surface area (Å²) < 4.78 is 33.6. The highest BCUT2D eigenvalue weighted by atomic mass is 79.9. The van der Waals surface area contributed by atoms with Crippen molar-refractivity contribution in [2.75, 3.05) is 0 Å². The number of benzene rings is 3. The van der Waals surface area contributed by atoms with Crippen molar-refractivity contribution in [1.82, 2.24) is 4.98 Å². The fourth-order valence-corrected chi connectivity index (χ4v) is 6.17. The molecule has 0 fully saturated rings. The molecular formula is C23H17Br2NO5S. The van der Waals surface area contributed by atoms with Crippen molar-refractivity contribution in [2.45, 2.75) is 23.1 Å². The average Bonchev–Trinajstić information content (AvgIpc) is 3.15. The topological polar surface area (TPSA) is 96.5 Å². The van der Waals surface area contributed by atoms with Gasteiger partial charge < -0.3 is 14.8 Å². The highest BCUT2D eigenvalue weighted by Crippen LogP contribution is 2.39. The molecule has 0 saturated carbocycles. The molecule has 0 aliphatic carbocycles. The minimum atomic E-state index is -3.72. The van der Waals surface area contributed by atoms with E-state index < -0.39 is 15.8 Å². The number of sulfone groups is 1. The van der Waals surface area contributed by atoms with Gasteiger partial charge in [-0.3, -0.25) is 4.79 Å². The van der Waals surface area contributed by atoms with Crippen molar-refractivity contribution >= 4 is 58.6 Å². The van der Waals surface area contributed by atoms with E-state index in [0.29, 0.717) is 36.9 Å². The van der Waals surface area contributed by atoms with Crippen LogP contribution in [-0.4, -0.2) is 24.5 Å². The van der Waals surface area contributed by atoms with Gasteiger partial charge in [0.1, 0.15) is 5.75 Å². The van der Waals surface area contributed by atoms with Crippen LogP contribution in [0.25, 0.3) is 10.9 Å². The number of carboxylic acid groups (broad SMARTS) is 1. The molecule has 3 aromatic carbocycles. The van der Waals surface area contributed by atoms with Gasteiger partial charge in [0, 0.05) is 17.1 Å². The first-order valence-electron chi connectivity index (χ1n) is 9.45. The van der Waals surface area contributed by atoms with Crippen LogP contribution in [0.15, 0.2) is 79.5 Å². The molecule has 9 heteroatoms. The second-order valence-electron chi connectivity index (χ2n) is 7.24. The van der Waals surface area contributed by atoms with Crippen LogP contribution in [0.3, 0.4) is 0 Å². The second-order valence-corrected chi connectivity index (χ2v) is 10.9. The van der Waals surface area contributed by atoms with Crippen LogP contribution in [0, 0.1) is 6.92 Å². The van der Waals surface area contributed by atoms with E-state index in [1.807, 2.05) is 6.92 Å². The Balaban J connectivity index is 1.72. The van der Waals surface area contributed by atoms with Crippen LogP contribution >= 0.6 is 31.9 Å². The van der Waals surface area contributed by atoms with Crippen molar-refractivity contribution in [2.24, 2.45) is 0 Å². The van der Waals surface area contributed by atoms with Crippen LogP contribution in [0.1, 0.15) is 11.1 Å². The molecule has 4 aromatic rings. The number of ether oxygens (including phenoxy) is 1. The standard InChI is InChI=1S/C23H17Br2NO5S/c1-13-2-5-16(6-3-13)32(29,30)21-12-26-20-7-4-15(11-17(20)21)31-23-18(24)8-14(9-19(23)25)10-22(27)28/h2-9,11-12,26H,10H2,1H3,(H,27,28). The fraction of sp³-hybridized carbons (Fsp3) is 0.0870. The highest BCUT2D eigenvalue weighted by molar-refractivity contribution is 9.11. The summed E-state index contributed by atoms with van der Waals surface area (Å²) in [7, 11) is -3.72. The molecule has 0 bridgehead atoms. The maximum atomic E-state index is 13.2. The Morgan fingerprint density at radius 2 is 1.69 bits per heavy atom. The Morgan fingerprint density at radius 1 is 1.03 bits per heavy atom. The Bertz CT molecular complexity index is 1420. The first kappa shape index (κ1) is 22.6. The predicted molar refractivity (Wildman–Crippen MR) is 128 cm³/mol. The Morgan fingerprint density at radius 3 is 2.31 bits per heavy atom. The molecular weight excluding hydrogens is 562 g/mol. The lowest BCUT2D eigenvalue weighted by molar-refractivity contribution is -0.136. The van der Waals surface area contributed by atoms with Crippen LogP contribution < -0.4 is 4.74 Å². The Hall–Kier alpha value is -2.62. The van der Waals surface area contributed by atoms with Gasteiger partial charge in [0.2, 0.25) is 9.84 Å². The molecule has 164 valence electrons. The van der Waals surface area contributed by atoms with Crippen molar-refractivity contribution in [1.29, 1.82) is 0 Å². The number of rotatable bonds is 6. The molecule has 2 N–H and O–H groups in total. The quantitative estimate of drug-likeness (QED) is 0.282. The summed E-state index contributed by atoms with van der Waals surface area (Å²) >= 11 is 6.84. The normalized spacial score (nSPS) is 11.6. The zero-order valence-corrected chi connectivity index (χ0v) is 20.7. The molecule has 0 aliphatic heterocycles. The summed E-state index contributed by atoms with van der Waals surface area (Å²) in [6, 6.07) is 15.2. The Kier molecular flexibility index (Phi) is 6.15. The zero-order chi connectivity index (χ0) is 23.0. The van der Waals surface area contributed by atoms with Gasteiger partial charge in [0.15, 0.2) is 5.75 Å². The van der Waals surface area contributed by atoms with Gasteiger partial charge >= 0.3 is 5.97 Å². The number of aromatic amines is 1. The van der Waals surface area contributed by atoms with Gasteiger partial charge in [-0.1, -0.05) is 17.7 Å². The molecule has 0 saturated heterocycles. The van der Waals surface area contributed by atoms with E-state index in [1.54, 1.807) is 54.6 Å². The minimum absolute atomic E-state index is 0.118. The molecule has 0 aliphatic rings. The summed E-state index contributed by atoms with van der Waals surface area (Å²) in [5.41, 5.74) is 2.25. The van der Waals surface area contributed by atoms with Gasteiger partial charge in [-0.25, -0.2) is 8.42 Å². The predicted octanol–water partition coefficient (Wildman–Crippen LogP) is 6.25. The number of carboxylic acids is 1. The molecule has 0 radical (unpaired) electrons. The number of aryl methyl sites for hydroxylation is 1. The van der Waals surface area contributed by atoms with E-state index in [9.17, 15) is 13.2 Å². The number of hydrogen-bond donors (Lipinski definition) is 2. The lowest BCUT2D eigenvalue weighted by Gasteiger charge is -2.12. The third kappa shape index (κ3) is 4.46. The molecule has 0 unspecified atom stereocenters. The molecule has 1 aromatic heterocycles. The van der Waals surface area contributed by atoms with Gasteiger partial charge in [0.25, 0.3) is 0 Å². The van der Waals surface area contributed by atoms with Gasteiger partial charge in [-0.15, -0.1) is 0 Å².